The minimum atomic E-state index is -0.227. The largest absolute Gasteiger partial charge is 0.382 e. The van der Waals surface area contributed by atoms with Gasteiger partial charge in [0.15, 0.2) is 0 Å². The van der Waals surface area contributed by atoms with E-state index in [1.807, 2.05) is 18.2 Å². The van der Waals surface area contributed by atoms with E-state index in [2.05, 4.69) is 11.4 Å². The van der Waals surface area contributed by atoms with E-state index < -0.39 is 0 Å². The monoisotopic (exact) mass is 481 g/mol. The van der Waals surface area contributed by atoms with Crippen LogP contribution in [0.3, 0.4) is 0 Å². The molecule has 0 spiro atoms. The highest BCUT2D eigenvalue weighted by Gasteiger charge is 2.31. The van der Waals surface area contributed by atoms with Crippen LogP contribution in [0.25, 0.3) is 0 Å². The second kappa shape index (κ2) is 17.4. The van der Waals surface area contributed by atoms with Crippen molar-refractivity contribution < 1.29 is 33.3 Å². The molecule has 10 nitrogen and oxygen atoms in total. The Balaban J connectivity index is 1.77. The van der Waals surface area contributed by atoms with Crippen LogP contribution in [-0.2, 0) is 46.2 Å². The van der Waals surface area contributed by atoms with E-state index in [0.29, 0.717) is 78.9 Å². The average molecular weight is 482 g/mol. The molecule has 1 aromatic rings. The van der Waals surface area contributed by atoms with E-state index in [9.17, 15) is 9.59 Å². The van der Waals surface area contributed by atoms with Gasteiger partial charge in [-0.2, -0.15) is 0 Å². The summed E-state index contributed by atoms with van der Waals surface area (Å²) in [6.07, 6.45) is 0.851. The Bertz CT molecular complexity index is 720. The van der Waals surface area contributed by atoms with Gasteiger partial charge in [0.1, 0.15) is 6.61 Å². The third-order valence-corrected chi connectivity index (χ3v) is 5.33. The Labute approximate surface area is 202 Å². The molecule has 0 aliphatic carbocycles. The van der Waals surface area contributed by atoms with E-state index in [1.165, 1.54) is 0 Å². The molecule has 0 aromatic heterocycles. The molecule has 34 heavy (non-hydrogen) atoms. The lowest BCUT2D eigenvalue weighted by atomic mass is 9.92. The van der Waals surface area contributed by atoms with Crippen LogP contribution in [0.1, 0.15) is 17.5 Å². The Kier molecular flexibility index (Phi) is 14.4. The fraction of sp³-hybridized carbons (Fsp3) is 0.667. The zero-order valence-corrected chi connectivity index (χ0v) is 20.2. The van der Waals surface area contributed by atoms with Gasteiger partial charge in [0, 0.05) is 39.2 Å². The molecular weight excluding hydrogens is 442 g/mol. The smallest absolute Gasteiger partial charge is 0.249 e. The maximum Gasteiger partial charge on any atom is 0.249 e. The number of fused-ring (bicyclic) bond motifs is 1. The molecule has 0 saturated carbocycles. The summed E-state index contributed by atoms with van der Waals surface area (Å²) in [5.41, 5.74) is 7.62. The molecular formula is C24H39N3O7. The van der Waals surface area contributed by atoms with E-state index >= 15 is 0 Å². The Morgan fingerprint density at radius 2 is 1.59 bits per heavy atom. The third kappa shape index (κ3) is 10.9. The third-order valence-electron chi connectivity index (χ3n) is 5.33. The van der Waals surface area contributed by atoms with E-state index in [1.54, 1.807) is 12.0 Å². The van der Waals surface area contributed by atoms with Gasteiger partial charge in [0.2, 0.25) is 11.8 Å². The summed E-state index contributed by atoms with van der Waals surface area (Å²) in [5, 5.41) is 2.87. The van der Waals surface area contributed by atoms with Crippen molar-refractivity contribution in [3.05, 3.63) is 35.4 Å². The zero-order valence-electron chi connectivity index (χ0n) is 20.2. The fourth-order valence-electron chi connectivity index (χ4n) is 3.62. The van der Waals surface area contributed by atoms with Crippen LogP contribution in [0.2, 0.25) is 0 Å². The van der Waals surface area contributed by atoms with Gasteiger partial charge < -0.3 is 39.6 Å². The second-order valence-corrected chi connectivity index (χ2v) is 7.87. The number of carbonyl (C=O) groups is 2. The number of rotatable bonds is 18. The first-order valence-corrected chi connectivity index (χ1v) is 11.8. The molecule has 1 unspecified atom stereocenters. The van der Waals surface area contributed by atoms with Gasteiger partial charge in [-0.25, -0.2) is 0 Å². The zero-order chi connectivity index (χ0) is 24.4. The van der Waals surface area contributed by atoms with Crippen LogP contribution in [-0.4, -0.2) is 102 Å². The molecule has 0 radical (unpaired) electrons. The van der Waals surface area contributed by atoms with Gasteiger partial charge in [-0.3, -0.25) is 9.59 Å². The summed E-state index contributed by atoms with van der Waals surface area (Å²) >= 11 is 0. The van der Waals surface area contributed by atoms with Crippen LogP contribution in [0.15, 0.2) is 24.3 Å². The van der Waals surface area contributed by atoms with E-state index in [4.69, 9.17) is 29.4 Å². The Morgan fingerprint density at radius 3 is 2.32 bits per heavy atom. The minimum absolute atomic E-state index is 0.0476. The van der Waals surface area contributed by atoms with Crippen molar-refractivity contribution in [2.75, 3.05) is 79.7 Å². The number of methoxy groups -OCH3 is 1. The lowest BCUT2D eigenvalue weighted by Gasteiger charge is -2.36. The second-order valence-electron chi connectivity index (χ2n) is 7.87. The van der Waals surface area contributed by atoms with Crippen molar-refractivity contribution in [3.63, 3.8) is 0 Å². The number of nitrogens with two attached hydrogens (primary N) is 1. The molecule has 1 atom stereocenters. The molecule has 10 heteroatoms. The van der Waals surface area contributed by atoms with Crippen molar-refractivity contribution in [3.8, 4) is 0 Å². The number of nitrogens with zero attached hydrogens (tertiary/aromatic N) is 1. The first kappa shape index (κ1) is 28.2. The lowest BCUT2D eigenvalue weighted by molar-refractivity contribution is -0.141. The Morgan fingerprint density at radius 1 is 0.941 bits per heavy atom. The molecule has 2 amide bonds. The molecule has 1 heterocycles. The highest BCUT2D eigenvalue weighted by molar-refractivity contribution is 5.81. The summed E-state index contributed by atoms with van der Waals surface area (Å²) in [5.74, 6) is -0.248. The summed E-state index contributed by atoms with van der Waals surface area (Å²) in [6.45, 7) is 4.86. The van der Waals surface area contributed by atoms with Crippen LogP contribution in [0.4, 0.5) is 0 Å². The number of hydrogen-bond acceptors (Lipinski definition) is 8. The highest BCUT2D eigenvalue weighted by Crippen LogP contribution is 2.25. The predicted molar refractivity (Wildman–Crippen MR) is 126 cm³/mol. The van der Waals surface area contributed by atoms with Gasteiger partial charge in [-0.15, -0.1) is 0 Å². The highest BCUT2D eigenvalue weighted by atomic mass is 16.5. The number of amides is 2. The van der Waals surface area contributed by atoms with Crippen LogP contribution >= 0.6 is 0 Å². The molecule has 1 aliphatic rings. The predicted octanol–water partition coefficient (Wildman–Crippen LogP) is 0.118. The number of carbonyl (C=O) groups excluding carboxylic acids is 2. The van der Waals surface area contributed by atoms with E-state index in [-0.39, 0.29) is 30.9 Å². The maximum absolute atomic E-state index is 12.9. The Hall–Kier alpha value is -2.08. The molecule has 192 valence electrons. The maximum atomic E-state index is 12.9. The summed E-state index contributed by atoms with van der Waals surface area (Å²) in [7, 11) is 1.61. The van der Waals surface area contributed by atoms with Gasteiger partial charge in [-0.1, -0.05) is 24.3 Å². The van der Waals surface area contributed by atoms with Crippen molar-refractivity contribution in [1.82, 2.24) is 10.2 Å². The fourth-order valence-corrected chi connectivity index (χ4v) is 3.62. The number of benzene rings is 1. The van der Waals surface area contributed by atoms with Crippen molar-refractivity contribution in [1.29, 1.82) is 0 Å². The van der Waals surface area contributed by atoms with Crippen LogP contribution in [0, 0.1) is 0 Å². The number of hydrogen-bond donors (Lipinski definition) is 2. The normalized spacial score (nSPS) is 15.2. The number of ether oxygens (including phenoxy) is 5. The summed E-state index contributed by atoms with van der Waals surface area (Å²) in [4.78, 5) is 27.2. The van der Waals surface area contributed by atoms with Crippen molar-refractivity contribution in [2.45, 2.75) is 25.4 Å². The lowest BCUT2D eigenvalue weighted by Crippen LogP contribution is -2.48. The van der Waals surface area contributed by atoms with Crippen LogP contribution < -0.4 is 11.1 Å². The molecule has 1 aliphatic heterocycles. The molecule has 0 fully saturated rings. The SMILES string of the molecule is COCCOCCOCC(=O)N1Cc2ccccc2CC1CC(=O)NCCOCCOCCN. The topological polar surface area (TPSA) is 122 Å². The standard InChI is InChI=1S/C24H39N3O7/c1-30-10-11-33-14-15-34-19-24(29)27-18-21-5-3-2-4-20(21)16-22(27)17-23(28)26-7-9-32-13-12-31-8-6-25/h2-5,22H,6-19,25H2,1H3,(H,26,28). The van der Waals surface area contributed by atoms with Crippen molar-refractivity contribution in [2.24, 2.45) is 5.73 Å². The molecule has 0 saturated heterocycles. The number of nitrogens with one attached hydrogen (secondary N) is 1. The summed E-state index contributed by atoms with van der Waals surface area (Å²) < 4.78 is 26.4. The first-order valence-electron chi connectivity index (χ1n) is 11.8. The van der Waals surface area contributed by atoms with Gasteiger partial charge in [0.05, 0.1) is 52.9 Å². The summed E-state index contributed by atoms with van der Waals surface area (Å²) in [6, 6.07) is 7.79. The first-order chi connectivity index (χ1) is 16.7. The van der Waals surface area contributed by atoms with E-state index in [0.717, 1.165) is 11.1 Å². The average Bonchev–Trinajstić information content (AvgIpc) is 2.84. The van der Waals surface area contributed by atoms with Crippen LogP contribution in [0.5, 0.6) is 0 Å². The molecule has 1 aromatic carbocycles. The van der Waals surface area contributed by atoms with Gasteiger partial charge in [-0.05, 0) is 17.5 Å². The van der Waals surface area contributed by atoms with Gasteiger partial charge >= 0.3 is 0 Å². The molecule has 2 rings (SSSR count). The quantitative estimate of drug-likeness (QED) is 0.284. The minimum Gasteiger partial charge on any atom is -0.382 e. The molecule has 0 bridgehead atoms. The van der Waals surface area contributed by atoms with Crippen molar-refractivity contribution >= 4 is 11.8 Å². The van der Waals surface area contributed by atoms with Gasteiger partial charge in [0.25, 0.3) is 0 Å². The molecule has 3 N–H and O–H groups in total.